The molecule has 2 aromatic carbocycles. The molecule has 10 nitrogen and oxygen atoms in total. The van der Waals surface area contributed by atoms with Gasteiger partial charge in [0.1, 0.15) is 35.0 Å². The van der Waals surface area contributed by atoms with Crippen LogP contribution < -0.4 is 16.2 Å². The topological polar surface area (TPSA) is 133 Å². The molecule has 1 aliphatic heterocycles. The van der Waals surface area contributed by atoms with Crippen molar-refractivity contribution in [2.75, 3.05) is 32.4 Å². The van der Waals surface area contributed by atoms with Crippen molar-refractivity contribution in [1.29, 1.82) is 0 Å². The number of para-hydroxylation sites is 1. The van der Waals surface area contributed by atoms with Crippen LogP contribution in [0.15, 0.2) is 73.1 Å². The Hall–Kier alpha value is -4.70. The predicted octanol–water partition coefficient (Wildman–Crippen LogP) is 4.00. The minimum Gasteiger partial charge on any atom is -0.457 e. The standard InChI is InChI=1S/C31H33N7O3/c1-36(21-11-12-21)16-5-8-25(39)37-17-15-22(18-37)38-28(30(33)40)26(27-29(32)34-19-35-31(27)38)20-9-13-24(14-10-20)41-23-6-3-2-4-7-23/h2-10,13-14,19,21-22H,11-12,15-18H2,1H3,(H2,33,40)(H2,32,34,35)/b8-5+. The van der Waals surface area contributed by atoms with E-state index in [9.17, 15) is 9.59 Å². The number of carbonyl (C=O) groups is 2. The molecule has 4 N–H and O–H groups in total. The van der Waals surface area contributed by atoms with Gasteiger partial charge in [-0.25, -0.2) is 9.97 Å². The molecule has 2 fully saturated rings. The molecule has 0 spiro atoms. The number of likely N-dealkylation sites (tertiary alicyclic amines) is 1. The smallest absolute Gasteiger partial charge is 0.266 e. The fraction of sp³-hybridized carbons (Fsp3) is 0.290. The second kappa shape index (κ2) is 11.1. The number of nitrogen functional groups attached to an aromatic ring is 1. The van der Waals surface area contributed by atoms with Crippen LogP contribution in [0.4, 0.5) is 5.82 Å². The Labute approximate surface area is 238 Å². The summed E-state index contributed by atoms with van der Waals surface area (Å²) in [5.41, 5.74) is 14.5. The molecule has 4 aromatic rings. The number of primary amides is 1. The Morgan fingerprint density at radius 1 is 1.05 bits per heavy atom. The van der Waals surface area contributed by atoms with E-state index in [1.54, 1.807) is 11.0 Å². The minimum atomic E-state index is -0.602. The minimum absolute atomic E-state index is 0.0443. The van der Waals surface area contributed by atoms with Crippen molar-refractivity contribution < 1.29 is 14.3 Å². The highest BCUT2D eigenvalue weighted by molar-refractivity contribution is 6.12. The lowest BCUT2D eigenvalue weighted by atomic mass is 10.0. The van der Waals surface area contributed by atoms with Gasteiger partial charge in [0.05, 0.1) is 11.4 Å². The lowest BCUT2D eigenvalue weighted by Gasteiger charge is -2.18. The number of likely N-dealkylation sites (N-methyl/N-ethyl adjacent to an activating group) is 1. The van der Waals surface area contributed by atoms with Crippen LogP contribution in [-0.2, 0) is 4.79 Å². The second-order valence-corrected chi connectivity index (χ2v) is 10.7. The average Bonchev–Trinajstić information content (AvgIpc) is 3.60. The van der Waals surface area contributed by atoms with Crippen LogP contribution in [0, 0.1) is 0 Å². The number of hydrogen-bond donors (Lipinski definition) is 2. The summed E-state index contributed by atoms with van der Waals surface area (Å²) in [5.74, 6) is 0.976. The van der Waals surface area contributed by atoms with Crippen LogP contribution in [0.2, 0.25) is 0 Å². The first kappa shape index (κ1) is 26.5. The highest BCUT2D eigenvalue weighted by Gasteiger charge is 2.34. The largest absolute Gasteiger partial charge is 0.457 e. The van der Waals surface area contributed by atoms with Crippen LogP contribution >= 0.6 is 0 Å². The molecule has 1 saturated heterocycles. The summed E-state index contributed by atoms with van der Waals surface area (Å²) in [6.07, 6.45) is 8.05. The molecule has 2 aromatic heterocycles. The quantitative estimate of drug-likeness (QED) is 0.301. The summed E-state index contributed by atoms with van der Waals surface area (Å²) >= 11 is 0. The van der Waals surface area contributed by atoms with Gasteiger partial charge in [0, 0.05) is 37.3 Å². The number of fused-ring (bicyclic) bond motifs is 1. The fourth-order valence-corrected chi connectivity index (χ4v) is 5.59. The van der Waals surface area contributed by atoms with Crippen LogP contribution in [-0.4, -0.2) is 68.9 Å². The number of benzene rings is 2. The molecule has 10 heteroatoms. The van der Waals surface area contributed by atoms with E-state index in [1.807, 2.05) is 65.2 Å². The number of anilines is 1. The number of hydrogen-bond acceptors (Lipinski definition) is 7. The van der Waals surface area contributed by atoms with Gasteiger partial charge in [-0.05, 0) is 56.1 Å². The molecule has 210 valence electrons. The molecule has 0 bridgehead atoms. The zero-order valence-corrected chi connectivity index (χ0v) is 22.9. The second-order valence-electron chi connectivity index (χ2n) is 10.7. The third kappa shape index (κ3) is 5.38. The van der Waals surface area contributed by atoms with Crippen LogP contribution in [0.3, 0.4) is 0 Å². The SMILES string of the molecule is CN(C/C=C/C(=O)N1CCC(n2c(C(N)=O)c(-c3ccc(Oc4ccccc4)cc3)c3c(N)ncnc32)C1)C1CC1. The van der Waals surface area contributed by atoms with Crippen LogP contribution in [0.25, 0.3) is 22.2 Å². The van der Waals surface area contributed by atoms with E-state index in [0.29, 0.717) is 53.6 Å². The predicted molar refractivity (Wildman–Crippen MR) is 157 cm³/mol. The molecule has 2 amide bonds. The maximum Gasteiger partial charge on any atom is 0.266 e. The molecular formula is C31H33N7O3. The van der Waals surface area contributed by atoms with Crippen molar-refractivity contribution in [2.45, 2.75) is 31.3 Å². The van der Waals surface area contributed by atoms with Crippen LogP contribution in [0.5, 0.6) is 11.5 Å². The maximum atomic E-state index is 13.0. The number of rotatable bonds is 9. The normalized spacial score (nSPS) is 17.1. The molecule has 1 atom stereocenters. The summed E-state index contributed by atoms with van der Waals surface area (Å²) in [5, 5.41) is 0.561. The number of aromatic nitrogens is 3. The van der Waals surface area contributed by atoms with Crippen molar-refractivity contribution in [1.82, 2.24) is 24.3 Å². The van der Waals surface area contributed by atoms with Crippen molar-refractivity contribution in [3.8, 4) is 22.6 Å². The monoisotopic (exact) mass is 551 g/mol. The highest BCUT2D eigenvalue weighted by atomic mass is 16.5. The van der Waals surface area contributed by atoms with Crippen molar-refractivity contribution in [3.05, 3.63) is 78.8 Å². The van der Waals surface area contributed by atoms with Gasteiger partial charge in [0.25, 0.3) is 5.91 Å². The molecule has 41 heavy (non-hydrogen) atoms. The zero-order chi connectivity index (χ0) is 28.5. The van der Waals surface area contributed by atoms with E-state index < -0.39 is 5.91 Å². The number of nitrogens with zero attached hydrogens (tertiary/aromatic N) is 5. The third-order valence-corrected chi connectivity index (χ3v) is 7.83. The molecule has 3 heterocycles. The van der Waals surface area contributed by atoms with Gasteiger partial charge in [-0.1, -0.05) is 36.4 Å². The number of nitrogens with two attached hydrogens (primary N) is 2. The molecular weight excluding hydrogens is 518 g/mol. The van der Waals surface area contributed by atoms with E-state index in [4.69, 9.17) is 16.2 Å². The van der Waals surface area contributed by atoms with E-state index in [1.165, 1.54) is 19.2 Å². The summed E-state index contributed by atoms with van der Waals surface area (Å²) in [6, 6.07) is 17.3. The van der Waals surface area contributed by atoms with Gasteiger partial charge in [0.2, 0.25) is 5.91 Å². The van der Waals surface area contributed by atoms with E-state index in [2.05, 4.69) is 21.9 Å². The zero-order valence-electron chi connectivity index (χ0n) is 22.9. The van der Waals surface area contributed by atoms with Gasteiger partial charge >= 0.3 is 0 Å². The molecule has 0 radical (unpaired) electrons. The van der Waals surface area contributed by atoms with Crippen LogP contribution in [0.1, 0.15) is 35.8 Å². The number of amides is 2. The van der Waals surface area contributed by atoms with E-state index in [-0.39, 0.29) is 17.8 Å². The number of carbonyl (C=O) groups excluding carboxylic acids is 2. The highest BCUT2D eigenvalue weighted by Crippen LogP contribution is 2.40. The average molecular weight is 552 g/mol. The summed E-state index contributed by atoms with van der Waals surface area (Å²) < 4.78 is 7.79. The lowest BCUT2D eigenvalue weighted by molar-refractivity contribution is -0.125. The Balaban J connectivity index is 1.31. The van der Waals surface area contributed by atoms with Crippen molar-refractivity contribution in [3.63, 3.8) is 0 Å². The van der Waals surface area contributed by atoms with E-state index in [0.717, 1.165) is 17.9 Å². The van der Waals surface area contributed by atoms with Gasteiger partial charge in [-0.3, -0.25) is 14.5 Å². The lowest BCUT2D eigenvalue weighted by Crippen LogP contribution is -2.29. The van der Waals surface area contributed by atoms with Crippen molar-refractivity contribution in [2.24, 2.45) is 5.73 Å². The Morgan fingerprint density at radius 2 is 1.78 bits per heavy atom. The van der Waals surface area contributed by atoms with E-state index >= 15 is 0 Å². The summed E-state index contributed by atoms with van der Waals surface area (Å²) in [4.78, 5) is 38.8. The molecule has 1 unspecified atom stereocenters. The molecule has 6 rings (SSSR count). The van der Waals surface area contributed by atoms with Gasteiger partial charge < -0.3 is 25.7 Å². The van der Waals surface area contributed by atoms with Gasteiger partial charge in [0.15, 0.2) is 0 Å². The molecule has 2 aliphatic rings. The summed E-state index contributed by atoms with van der Waals surface area (Å²) in [7, 11) is 2.08. The third-order valence-electron chi connectivity index (χ3n) is 7.83. The molecule has 1 aliphatic carbocycles. The first-order valence-corrected chi connectivity index (χ1v) is 13.8. The summed E-state index contributed by atoms with van der Waals surface area (Å²) in [6.45, 7) is 1.74. The fourth-order valence-electron chi connectivity index (χ4n) is 5.59. The van der Waals surface area contributed by atoms with Gasteiger partial charge in [-0.15, -0.1) is 0 Å². The molecule has 1 saturated carbocycles. The Morgan fingerprint density at radius 3 is 2.49 bits per heavy atom. The van der Waals surface area contributed by atoms with Gasteiger partial charge in [-0.2, -0.15) is 0 Å². The Kier molecular flexibility index (Phi) is 7.15. The Bertz CT molecular complexity index is 1610. The maximum absolute atomic E-state index is 13.0. The first-order valence-electron chi connectivity index (χ1n) is 13.8. The first-order chi connectivity index (χ1) is 19.9. The number of ether oxygens (including phenoxy) is 1. The van der Waals surface area contributed by atoms with Crippen molar-refractivity contribution >= 4 is 28.7 Å².